The van der Waals surface area contributed by atoms with Crippen LogP contribution in [0.4, 0.5) is 13.2 Å². The van der Waals surface area contributed by atoms with Gasteiger partial charge in [-0.15, -0.1) is 5.10 Å². The first-order valence-electron chi connectivity index (χ1n) is 5.07. The molecule has 2 rings (SSSR count). The van der Waals surface area contributed by atoms with Crippen molar-refractivity contribution in [2.24, 2.45) is 0 Å². The zero-order valence-corrected chi connectivity index (χ0v) is 9.68. The molecule has 19 heavy (non-hydrogen) atoms. The lowest BCUT2D eigenvalue weighted by Crippen LogP contribution is -2.05. The van der Waals surface area contributed by atoms with Gasteiger partial charge in [0, 0.05) is 18.3 Å². The molecule has 0 aliphatic carbocycles. The van der Waals surface area contributed by atoms with E-state index in [2.05, 4.69) is 15.2 Å². The third-order valence-corrected chi connectivity index (χ3v) is 2.11. The Hall–Kier alpha value is -2.38. The Labute approximate surface area is 106 Å². The molecule has 8 heteroatoms. The van der Waals surface area contributed by atoms with Gasteiger partial charge in [0.25, 0.3) is 0 Å². The maximum atomic E-state index is 12.5. The lowest BCUT2D eigenvalue weighted by Gasteiger charge is -2.08. The Bertz CT molecular complexity index is 575. The van der Waals surface area contributed by atoms with Crippen LogP contribution in [0.3, 0.4) is 0 Å². The van der Waals surface area contributed by atoms with Gasteiger partial charge in [-0.2, -0.15) is 18.3 Å². The summed E-state index contributed by atoms with van der Waals surface area (Å²) < 4.78 is 47.5. The van der Waals surface area contributed by atoms with E-state index < -0.39 is 11.7 Å². The van der Waals surface area contributed by atoms with Gasteiger partial charge in [0.15, 0.2) is 0 Å². The number of hydrogen-bond acceptors (Lipinski definition) is 5. The van der Waals surface area contributed by atoms with Crippen LogP contribution in [0.5, 0.6) is 17.5 Å². The minimum absolute atomic E-state index is 0.00817. The van der Waals surface area contributed by atoms with E-state index in [0.717, 1.165) is 18.3 Å². The van der Waals surface area contributed by atoms with Crippen molar-refractivity contribution in [1.82, 2.24) is 15.2 Å². The maximum absolute atomic E-state index is 12.5. The molecule has 0 saturated heterocycles. The van der Waals surface area contributed by atoms with Crippen LogP contribution in [0.25, 0.3) is 0 Å². The number of halogens is 3. The lowest BCUT2D eigenvalue weighted by atomic mass is 10.2. The van der Waals surface area contributed by atoms with Crippen LogP contribution in [-0.4, -0.2) is 22.3 Å². The van der Waals surface area contributed by atoms with Crippen LogP contribution in [0.1, 0.15) is 5.56 Å². The van der Waals surface area contributed by atoms with Gasteiger partial charge in [0.2, 0.25) is 11.8 Å². The Kier molecular flexibility index (Phi) is 3.50. The van der Waals surface area contributed by atoms with E-state index in [0.29, 0.717) is 5.75 Å². The molecule has 100 valence electrons. The number of ether oxygens (including phenoxy) is 2. The number of hydrogen-bond donors (Lipinski definition) is 0. The molecule has 0 atom stereocenters. The molecule has 0 bridgehead atoms. The van der Waals surface area contributed by atoms with E-state index in [1.54, 1.807) is 0 Å². The average molecular weight is 271 g/mol. The minimum atomic E-state index is -4.46. The molecule has 0 fully saturated rings. The second-order valence-corrected chi connectivity index (χ2v) is 3.42. The van der Waals surface area contributed by atoms with Crippen molar-refractivity contribution >= 4 is 0 Å². The van der Waals surface area contributed by atoms with E-state index in [9.17, 15) is 13.2 Å². The summed E-state index contributed by atoms with van der Waals surface area (Å²) in [5, 5.41) is 7.17. The molecule has 0 aromatic carbocycles. The molecule has 0 unspecified atom stereocenters. The number of alkyl halides is 3. The normalized spacial score (nSPS) is 11.2. The number of nitrogens with zero attached hydrogens (tertiary/aromatic N) is 3. The summed E-state index contributed by atoms with van der Waals surface area (Å²) in [5.41, 5.74) is -0.853. The Balaban J connectivity index is 2.23. The van der Waals surface area contributed by atoms with Crippen LogP contribution < -0.4 is 9.47 Å². The Morgan fingerprint density at radius 3 is 2.63 bits per heavy atom. The molecular formula is C11H8F3N3O2. The zero-order chi connectivity index (χ0) is 13.9. The van der Waals surface area contributed by atoms with Gasteiger partial charge in [0.05, 0.1) is 18.9 Å². The lowest BCUT2D eigenvalue weighted by molar-refractivity contribution is -0.137. The highest BCUT2D eigenvalue weighted by molar-refractivity contribution is 5.28. The summed E-state index contributed by atoms with van der Waals surface area (Å²) in [7, 11) is 1.42. The zero-order valence-electron chi connectivity index (χ0n) is 9.68. The van der Waals surface area contributed by atoms with Crippen LogP contribution >= 0.6 is 0 Å². The van der Waals surface area contributed by atoms with Gasteiger partial charge in [0.1, 0.15) is 5.75 Å². The molecule has 0 aliphatic rings. The van der Waals surface area contributed by atoms with Crippen LogP contribution in [0.15, 0.2) is 30.6 Å². The molecule has 0 radical (unpaired) electrons. The summed E-state index contributed by atoms with van der Waals surface area (Å²) >= 11 is 0. The van der Waals surface area contributed by atoms with E-state index in [4.69, 9.17) is 9.47 Å². The fraction of sp³-hybridized carbons (Fsp3) is 0.182. The molecule has 5 nitrogen and oxygen atoms in total. The molecular weight excluding hydrogens is 263 g/mol. The van der Waals surface area contributed by atoms with Crippen molar-refractivity contribution in [2.45, 2.75) is 6.18 Å². The smallest absolute Gasteiger partial charge is 0.416 e. The van der Waals surface area contributed by atoms with Crippen molar-refractivity contribution < 1.29 is 22.6 Å². The molecule has 2 aromatic rings. The molecule has 2 heterocycles. The Morgan fingerprint density at radius 2 is 1.95 bits per heavy atom. The van der Waals surface area contributed by atoms with Gasteiger partial charge < -0.3 is 9.47 Å². The molecule has 0 spiro atoms. The van der Waals surface area contributed by atoms with Crippen LogP contribution in [0, 0.1) is 0 Å². The summed E-state index contributed by atoms with van der Waals surface area (Å²) in [6.45, 7) is 0. The third-order valence-electron chi connectivity index (χ3n) is 2.11. The fourth-order valence-electron chi connectivity index (χ4n) is 1.24. The van der Waals surface area contributed by atoms with Crippen molar-refractivity contribution in [1.29, 1.82) is 0 Å². The predicted molar refractivity (Wildman–Crippen MR) is 57.9 cm³/mol. The van der Waals surface area contributed by atoms with Gasteiger partial charge in [-0.25, -0.2) is 4.98 Å². The summed E-state index contributed by atoms with van der Waals surface area (Å²) in [4.78, 5) is 3.67. The number of rotatable bonds is 3. The van der Waals surface area contributed by atoms with Gasteiger partial charge >= 0.3 is 6.18 Å². The first kappa shape index (κ1) is 13.1. The predicted octanol–water partition coefficient (Wildman–Crippen LogP) is 2.69. The standard InChI is InChI=1S/C11H8F3N3O2/c1-18-8-5-10(17-16-6-8)19-9-4-7(2-3-15-9)11(12,13)14/h2-6H,1H3. The second kappa shape index (κ2) is 5.09. The highest BCUT2D eigenvalue weighted by atomic mass is 19.4. The fourth-order valence-corrected chi connectivity index (χ4v) is 1.24. The molecule has 2 aromatic heterocycles. The summed E-state index contributed by atoms with van der Waals surface area (Å²) in [6.07, 6.45) is -2.11. The average Bonchev–Trinajstić information content (AvgIpc) is 2.38. The first-order chi connectivity index (χ1) is 8.99. The van der Waals surface area contributed by atoms with E-state index >= 15 is 0 Å². The van der Waals surface area contributed by atoms with E-state index in [-0.39, 0.29) is 11.8 Å². The van der Waals surface area contributed by atoms with E-state index in [1.807, 2.05) is 0 Å². The van der Waals surface area contributed by atoms with Gasteiger partial charge in [-0.3, -0.25) is 0 Å². The largest absolute Gasteiger partial charge is 0.495 e. The number of pyridine rings is 1. The van der Waals surface area contributed by atoms with Crippen molar-refractivity contribution in [2.75, 3.05) is 7.11 Å². The monoisotopic (exact) mass is 271 g/mol. The highest BCUT2D eigenvalue weighted by Gasteiger charge is 2.31. The van der Waals surface area contributed by atoms with Crippen LogP contribution in [0.2, 0.25) is 0 Å². The van der Waals surface area contributed by atoms with Gasteiger partial charge in [-0.1, -0.05) is 0 Å². The number of aromatic nitrogens is 3. The quantitative estimate of drug-likeness (QED) is 0.859. The Morgan fingerprint density at radius 1 is 1.16 bits per heavy atom. The molecule has 0 amide bonds. The SMILES string of the molecule is COc1cnnc(Oc2cc(C(F)(F)F)ccn2)c1. The maximum Gasteiger partial charge on any atom is 0.416 e. The van der Waals surface area contributed by atoms with Crippen LogP contribution in [-0.2, 0) is 6.18 Å². The topological polar surface area (TPSA) is 57.1 Å². The number of methoxy groups -OCH3 is 1. The summed E-state index contributed by atoms with van der Waals surface area (Å²) in [6, 6.07) is 3.01. The molecule has 0 aliphatic heterocycles. The van der Waals surface area contributed by atoms with Crippen molar-refractivity contribution in [3.05, 3.63) is 36.2 Å². The highest BCUT2D eigenvalue weighted by Crippen LogP contribution is 2.31. The first-order valence-corrected chi connectivity index (χ1v) is 5.07. The van der Waals surface area contributed by atoms with Gasteiger partial charge in [-0.05, 0) is 6.07 Å². The second-order valence-electron chi connectivity index (χ2n) is 3.42. The van der Waals surface area contributed by atoms with Crippen molar-refractivity contribution in [3.63, 3.8) is 0 Å². The van der Waals surface area contributed by atoms with Crippen molar-refractivity contribution in [3.8, 4) is 17.5 Å². The van der Waals surface area contributed by atoms with E-state index in [1.165, 1.54) is 19.4 Å². The summed E-state index contributed by atoms with van der Waals surface area (Å²) in [5.74, 6) is 0.139. The minimum Gasteiger partial charge on any atom is -0.495 e. The molecule has 0 saturated carbocycles. The third kappa shape index (κ3) is 3.30. The molecule has 0 N–H and O–H groups in total.